The van der Waals surface area contributed by atoms with Crippen molar-refractivity contribution in [1.29, 1.82) is 0 Å². The van der Waals surface area contributed by atoms with Crippen molar-refractivity contribution in [3.63, 3.8) is 0 Å². The summed E-state index contributed by atoms with van der Waals surface area (Å²) in [4.78, 5) is 28.1. The van der Waals surface area contributed by atoms with Gasteiger partial charge in [0.25, 0.3) is 10.0 Å². The third-order valence-corrected chi connectivity index (χ3v) is 8.85. The van der Waals surface area contributed by atoms with Crippen LogP contribution in [0.5, 0.6) is 5.75 Å². The smallest absolute Gasteiger partial charge is 0.264 e. The molecular weight excluding hydrogens is 613 g/mol. The minimum atomic E-state index is -4.27. The molecule has 1 N–H and O–H groups in total. The molecule has 0 fully saturated rings. The van der Waals surface area contributed by atoms with Crippen LogP contribution in [0.15, 0.2) is 76.1 Å². The lowest BCUT2D eigenvalue weighted by atomic mass is 10.1. The highest BCUT2D eigenvalue weighted by Crippen LogP contribution is 2.31. The molecule has 0 aromatic heterocycles. The summed E-state index contributed by atoms with van der Waals surface area (Å²) in [6.45, 7) is 6.83. The molecule has 220 valence electrons. The van der Waals surface area contributed by atoms with E-state index in [-0.39, 0.29) is 28.6 Å². The largest absolute Gasteiger partial charge is 0.496 e. The number of rotatable bonds is 12. The second-order valence-corrected chi connectivity index (χ2v) is 12.8. The molecule has 0 bridgehead atoms. The lowest BCUT2D eigenvalue weighted by Gasteiger charge is -2.32. The summed E-state index contributed by atoms with van der Waals surface area (Å²) >= 11 is 3.33. The van der Waals surface area contributed by atoms with Crippen molar-refractivity contribution >= 4 is 43.5 Å². The predicted octanol–water partition coefficient (Wildman–Crippen LogP) is 5.29. The Balaban J connectivity index is 2.04. The summed E-state index contributed by atoms with van der Waals surface area (Å²) in [6.07, 6.45) is 0. The van der Waals surface area contributed by atoms with Crippen LogP contribution in [0.2, 0.25) is 0 Å². The number of carbonyl (C=O) groups excluding carboxylic acids is 2. The van der Waals surface area contributed by atoms with Gasteiger partial charge < -0.3 is 15.0 Å². The summed E-state index contributed by atoms with van der Waals surface area (Å²) in [5.74, 6) is -1.01. The van der Waals surface area contributed by atoms with Crippen molar-refractivity contribution < 1.29 is 27.1 Å². The molecule has 0 aliphatic rings. The van der Waals surface area contributed by atoms with Gasteiger partial charge in [-0.05, 0) is 72.1 Å². The van der Waals surface area contributed by atoms with Crippen molar-refractivity contribution in [2.75, 3.05) is 24.5 Å². The fraction of sp³-hybridized carbons (Fsp3) is 0.333. The highest BCUT2D eigenvalue weighted by atomic mass is 79.9. The molecule has 2 amide bonds. The first-order chi connectivity index (χ1) is 19.3. The number of carbonyl (C=O) groups is 2. The molecule has 0 aliphatic heterocycles. The number of ether oxygens (including phenoxy) is 1. The van der Waals surface area contributed by atoms with Crippen LogP contribution in [0.4, 0.5) is 10.1 Å². The number of hydrogen-bond acceptors (Lipinski definition) is 5. The molecule has 0 aliphatic carbocycles. The van der Waals surface area contributed by atoms with Gasteiger partial charge in [-0.3, -0.25) is 13.9 Å². The van der Waals surface area contributed by atoms with Crippen LogP contribution < -0.4 is 14.4 Å². The van der Waals surface area contributed by atoms with Crippen LogP contribution in [0.3, 0.4) is 0 Å². The van der Waals surface area contributed by atoms with Crippen molar-refractivity contribution in [3.05, 3.63) is 88.1 Å². The summed E-state index contributed by atoms with van der Waals surface area (Å²) < 4.78 is 49.3. The zero-order valence-corrected chi connectivity index (χ0v) is 26.1. The number of benzene rings is 3. The summed E-state index contributed by atoms with van der Waals surface area (Å²) in [5.41, 5.74) is 1.37. The van der Waals surface area contributed by atoms with Crippen LogP contribution in [0, 0.1) is 18.7 Å². The Morgan fingerprint density at radius 1 is 1.02 bits per heavy atom. The van der Waals surface area contributed by atoms with Crippen molar-refractivity contribution in [2.45, 2.75) is 45.2 Å². The number of sulfonamides is 1. The summed E-state index contributed by atoms with van der Waals surface area (Å²) in [5, 5.41) is 2.81. The van der Waals surface area contributed by atoms with Gasteiger partial charge in [0.2, 0.25) is 11.8 Å². The molecule has 0 saturated carbocycles. The van der Waals surface area contributed by atoms with E-state index in [2.05, 4.69) is 21.2 Å². The maximum atomic E-state index is 14.6. The molecule has 3 rings (SSSR count). The first kappa shape index (κ1) is 32.1. The minimum Gasteiger partial charge on any atom is -0.496 e. The number of nitrogens with one attached hydrogen (secondary N) is 1. The molecule has 3 aromatic carbocycles. The summed E-state index contributed by atoms with van der Waals surface area (Å²) in [6, 6.07) is 16.0. The summed E-state index contributed by atoms with van der Waals surface area (Å²) in [7, 11) is -2.80. The van der Waals surface area contributed by atoms with Gasteiger partial charge in [0.15, 0.2) is 0 Å². The minimum absolute atomic E-state index is 0.0677. The number of nitrogens with zero attached hydrogens (tertiary/aromatic N) is 2. The molecule has 11 heteroatoms. The zero-order valence-electron chi connectivity index (χ0n) is 23.7. The third-order valence-electron chi connectivity index (χ3n) is 6.46. The van der Waals surface area contributed by atoms with E-state index in [1.54, 1.807) is 37.3 Å². The fourth-order valence-corrected chi connectivity index (χ4v) is 6.15. The van der Waals surface area contributed by atoms with E-state index < -0.39 is 40.2 Å². The van der Waals surface area contributed by atoms with E-state index in [4.69, 9.17) is 4.74 Å². The second kappa shape index (κ2) is 14.0. The van der Waals surface area contributed by atoms with Crippen LogP contribution in [0.1, 0.15) is 31.9 Å². The first-order valence-corrected chi connectivity index (χ1v) is 15.3. The Kier molecular flexibility index (Phi) is 10.9. The predicted molar refractivity (Wildman–Crippen MR) is 161 cm³/mol. The second-order valence-electron chi connectivity index (χ2n) is 10.1. The topological polar surface area (TPSA) is 96.0 Å². The Bertz CT molecular complexity index is 1480. The molecule has 1 unspecified atom stereocenters. The number of halogens is 2. The van der Waals surface area contributed by atoms with Gasteiger partial charge in [-0.1, -0.05) is 49.7 Å². The first-order valence-electron chi connectivity index (χ1n) is 13.1. The molecule has 0 radical (unpaired) electrons. The maximum Gasteiger partial charge on any atom is 0.264 e. The van der Waals surface area contributed by atoms with Crippen LogP contribution in [0.25, 0.3) is 0 Å². The molecule has 8 nitrogen and oxygen atoms in total. The molecule has 0 saturated heterocycles. The normalized spacial score (nSPS) is 12.1. The van der Waals surface area contributed by atoms with Crippen molar-refractivity contribution in [3.8, 4) is 5.75 Å². The maximum absolute atomic E-state index is 14.6. The third kappa shape index (κ3) is 8.07. The number of aryl methyl sites for hydroxylation is 1. The highest BCUT2D eigenvalue weighted by molar-refractivity contribution is 9.10. The molecular formula is C30H35BrFN3O5S. The van der Waals surface area contributed by atoms with E-state index >= 15 is 0 Å². The van der Waals surface area contributed by atoms with Gasteiger partial charge in [0, 0.05) is 18.7 Å². The van der Waals surface area contributed by atoms with Gasteiger partial charge in [0.1, 0.15) is 24.2 Å². The average Bonchev–Trinajstić information content (AvgIpc) is 2.94. The molecule has 1 atom stereocenters. The van der Waals surface area contributed by atoms with E-state index in [0.29, 0.717) is 16.8 Å². The Labute approximate surface area is 249 Å². The molecule has 0 spiro atoms. The van der Waals surface area contributed by atoms with Gasteiger partial charge >= 0.3 is 0 Å². The van der Waals surface area contributed by atoms with Crippen molar-refractivity contribution in [2.24, 2.45) is 5.92 Å². The van der Waals surface area contributed by atoms with E-state index in [9.17, 15) is 22.4 Å². The van der Waals surface area contributed by atoms with E-state index in [0.717, 1.165) is 9.87 Å². The highest BCUT2D eigenvalue weighted by Gasteiger charge is 2.33. The number of anilines is 1. The van der Waals surface area contributed by atoms with E-state index in [1.807, 2.05) is 20.8 Å². The SMILES string of the molecule is COc1ccc(S(=O)(=O)N(CC(=O)N(Cc2ccccc2F)C(C)C(=O)NCC(C)C)c2ccc(C)cc2)cc1Br. The van der Waals surface area contributed by atoms with Gasteiger partial charge in [-0.15, -0.1) is 0 Å². The molecule has 0 heterocycles. The number of methoxy groups -OCH3 is 1. The number of hydrogen-bond donors (Lipinski definition) is 1. The van der Waals surface area contributed by atoms with Crippen molar-refractivity contribution in [1.82, 2.24) is 10.2 Å². The number of amides is 2. The van der Waals surface area contributed by atoms with Crippen LogP contribution >= 0.6 is 15.9 Å². The van der Waals surface area contributed by atoms with Gasteiger partial charge in [-0.25, -0.2) is 12.8 Å². The van der Waals surface area contributed by atoms with Gasteiger partial charge in [-0.2, -0.15) is 0 Å². The average molecular weight is 649 g/mol. The Morgan fingerprint density at radius 3 is 2.27 bits per heavy atom. The Hall–Kier alpha value is -3.44. The van der Waals surface area contributed by atoms with Crippen LogP contribution in [-0.4, -0.2) is 51.4 Å². The van der Waals surface area contributed by atoms with Gasteiger partial charge in [0.05, 0.1) is 22.2 Å². The quantitative estimate of drug-likeness (QED) is 0.288. The standard InChI is InChI=1S/C30H35BrFN3O5S/c1-20(2)17-33-30(37)22(4)34(18-23-8-6-7-9-27(23)32)29(36)19-35(24-12-10-21(3)11-13-24)41(38,39)25-14-15-28(40-5)26(31)16-25/h6-16,20,22H,17-19H2,1-5H3,(H,33,37). The molecule has 41 heavy (non-hydrogen) atoms. The van der Waals surface area contributed by atoms with E-state index in [1.165, 1.54) is 48.4 Å². The lowest BCUT2D eigenvalue weighted by Crippen LogP contribution is -2.51. The lowest BCUT2D eigenvalue weighted by molar-refractivity contribution is -0.139. The fourth-order valence-electron chi connectivity index (χ4n) is 4.02. The molecule has 3 aromatic rings. The zero-order chi connectivity index (χ0) is 30.3. The Morgan fingerprint density at radius 2 is 1.68 bits per heavy atom. The monoisotopic (exact) mass is 647 g/mol. The van der Waals surface area contributed by atoms with Crippen LogP contribution in [-0.2, 0) is 26.2 Å².